The minimum Gasteiger partial charge on any atom is -0.507 e. The van der Waals surface area contributed by atoms with E-state index in [0.717, 1.165) is 59.0 Å². The summed E-state index contributed by atoms with van der Waals surface area (Å²) in [6, 6.07) is 44.0. The molecule has 0 spiro atoms. The summed E-state index contributed by atoms with van der Waals surface area (Å²) in [5.41, 5.74) is 7.74. The first-order valence-electron chi connectivity index (χ1n) is 35.7. The number of nitrogens with two attached hydrogens (primary N) is 1. The quantitative estimate of drug-likeness (QED) is 0.00536. The molecule has 8 heterocycles. The van der Waals surface area contributed by atoms with Crippen LogP contribution in [0.1, 0.15) is 128 Å². The number of nitrogens with zero attached hydrogens (tertiary/aromatic N) is 11. The third-order valence-electron chi connectivity index (χ3n) is 18.3. The lowest BCUT2D eigenvalue weighted by atomic mass is 9.82. The summed E-state index contributed by atoms with van der Waals surface area (Å²) in [6.45, 7) is 10.4. The SMILES string of the molecule is CCN(CC)CCN1C(=O)c2cccc3cc(N)cc(c23)C1=O.CCOC(=O)c1cnn(-c2ccccc2)c1NC(=O)c1cc2nc(-c3cccs3)cc(C(F)(F)Cl)n2n1.CN(C)CCCNc1cc(O)c2c(c1O)C(=O)c1ccccc1C2=O.COc1ccc(CNC(=O)c2cc3nc(-c4cccs4)cc(C(F)(F)F)n3n2)cc1. The highest BCUT2D eigenvalue weighted by atomic mass is 35.5. The van der Waals surface area contributed by atoms with Gasteiger partial charge in [-0.2, -0.15) is 37.2 Å². The second kappa shape index (κ2) is 35.1. The minimum atomic E-state index is -4.66. The molecule has 15 rings (SSSR count). The van der Waals surface area contributed by atoms with E-state index >= 15 is 0 Å². The number of esters is 1. The van der Waals surface area contributed by atoms with Crippen LogP contribution in [0.2, 0.25) is 0 Å². The fourth-order valence-corrected chi connectivity index (χ4v) is 14.1. The van der Waals surface area contributed by atoms with Crippen LogP contribution in [0.3, 0.4) is 0 Å². The molecule has 6 aromatic carbocycles. The lowest BCUT2D eigenvalue weighted by Gasteiger charge is -2.29. The molecule has 0 unspecified atom stereocenters. The monoisotopic (exact) mass is 1630 g/mol. The zero-order chi connectivity index (χ0) is 82.2. The second-order valence-electron chi connectivity index (χ2n) is 26.1. The molecule has 7 aromatic heterocycles. The number of likely N-dealkylation sites (N-methyl/N-ethyl adjacent to an activating group) is 1. The van der Waals surface area contributed by atoms with E-state index in [4.69, 9.17) is 26.8 Å². The van der Waals surface area contributed by atoms with Gasteiger partial charge < -0.3 is 51.2 Å². The Morgan fingerprint density at radius 3 is 1.83 bits per heavy atom. The number of amides is 4. The number of para-hydroxylation sites is 1. The number of phenols is 2. The number of hydrogen-bond acceptors (Lipinski definition) is 22. The lowest BCUT2D eigenvalue weighted by Crippen LogP contribution is -2.44. The van der Waals surface area contributed by atoms with Crippen molar-refractivity contribution in [2.24, 2.45) is 0 Å². The fourth-order valence-electron chi connectivity index (χ4n) is 12.6. The highest BCUT2D eigenvalue weighted by Crippen LogP contribution is 2.43. The van der Waals surface area contributed by atoms with E-state index < -0.39 is 52.3 Å². The Kier molecular flexibility index (Phi) is 24.9. The Morgan fingerprint density at radius 1 is 0.661 bits per heavy atom. The second-order valence-corrected chi connectivity index (χ2v) is 28.4. The number of benzene rings is 6. The Hall–Kier alpha value is -12.8. The van der Waals surface area contributed by atoms with Crippen molar-refractivity contribution >= 4 is 115 Å². The van der Waals surface area contributed by atoms with Crippen LogP contribution in [0.4, 0.5) is 39.1 Å². The van der Waals surface area contributed by atoms with Crippen LogP contribution >= 0.6 is 34.3 Å². The minimum absolute atomic E-state index is 0.00596. The van der Waals surface area contributed by atoms with Gasteiger partial charge in [0, 0.05) is 72.1 Å². The maximum absolute atomic E-state index is 14.3. The number of anilines is 3. The Bertz CT molecular complexity index is 5810. The molecule has 0 saturated carbocycles. The first-order chi connectivity index (χ1) is 55.1. The first-order valence-corrected chi connectivity index (χ1v) is 37.9. The van der Waals surface area contributed by atoms with Crippen LogP contribution in [0.25, 0.3) is 48.9 Å². The molecule has 1 aliphatic heterocycles. The molecule has 0 atom stereocenters. The molecule has 7 N–H and O–H groups in total. The van der Waals surface area contributed by atoms with Crippen molar-refractivity contribution in [3.8, 4) is 44.1 Å². The molecule has 0 saturated heterocycles. The third kappa shape index (κ3) is 18.0. The lowest BCUT2D eigenvalue weighted by molar-refractivity contribution is -0.142. The van der Waals surface area contributed by atoms with Crippen molar-refractivity contribution in [1.29, 1.82) is 0 Å². The molecule has 34 heteroatoms. The number of nitrogens with one attached hydrogen (secondary N) is 3. The summed E-state index contributed by atoms with van der Waals surface area (Å²) >= 11 is 7.96. The molecule has 26 nitrogen and oxygen atoms in total. The molecule has 4 amide bonds. The van der Waals surface area contributed by atoms with Crippen molar-refractivity contribution in [3.63, 3.8) is 0 Å². The number of phenolic OH excluding ortho intramolecular Hbond substituents is 2. The number of methoxy groups -OCH3 is 1. The topological polar surface area (TPSA) is 328 Å². The normalized spacial score (nSPS) is 12.4. The number of ether oxygens (including phenoxy) is 2. The van der Waals surface area contributed by atoms with Gasteiger partial charge in [0.15, 0.2) is 51.5 Å². The summed E-state index contributed by atoms with van der Waals surface area (Å²) in [7, 11) is 5.47. The number of carbonyl (C=O) groups excluding carboxylic acids is 7. The van der Waals surface area contributed by atoms with Crippen molar-refractivity contribution in [3.05, 3.63) is 248 Å². The predicted octanol–water partition coefficient (Wildman–Crippen LogP) is 14.4. The Balaban J connectivity index is 0.000000144. The van der Waals surface area contributed by atoms with Gasteiger partial charge in [0.2, 0.25) is 0 Å². The van der Waals surface area contributed by atoms with Gasteiger partial charge in [-0.3, -0.25) is 33.7 Å². The van der Waals surface area contributed by atoms with E-state index in [1.54, 1.807) is 146 Å². The Morgan fingerprint density at radius 2 is 1.25 bits per heavy atom. The first kappa shape index (κ1) is 81.7. The number of hydrogen-bond donors (Lipinski definition) is 6. The van der Waals surface area contributed by atoms with Gasteiger partial charge in [-0.05, 0) is 147 Å². The number of halogens is 6. The molecular formula is C81H73ClF5N15O11S2. The summed E-state index contributed by atoms with van der Waals surface area (Å²) < 4.78 is 82.3. The van der Waals surface area contributed by atoms with Crippen molar-refractivity contribution < 1.29 is 75.2 Å². The molecule has 592 valence electrons. The van der Waals surface area contributed by atoms with E-state index in [0.29, 0.717) is 62.2 Å². The summed E-state index contributed by atoms with van der Waals surface area (Å²) in [6.07, 6.45) is -2.57. The molecule has 115 heavy (non-hydrogen) atoms. The highest BCUT2D eigenvalue weighted by Gasteiger charge is 2.39. The number of nitrogen functional groups attached to an aromatic ring is 1. The number of imide groups is 1. The van der Waals surface area contributed by atoms with Gasteiger partial charge in [-0.15, -0.1) is 22.7 Å². The molecular weight excluding hydrogens is 1550 g/mol. The maximum atomic E-state index is 14.3. The van der Waals surface area contributed by atoms with Gasteiger partial charge in [0.1, 0.15) is 22.8 Å². The van der Waals surface area contributed by atoms with Crippen molar-refractivity contribution in [2.45, 2.75) is 45.3 Å². The van der Waals surface area contributed by atoms with Crippen molar-refractivity contribution in [1.82, 2.24) is 59.0 Å². The summed E-state index contributed by atoms with van der Waals surface area (Å²) in [5, 5.41) is 42.5. The number of rotatable bonds is 22. The van der Waals surface area contributed by atoms with E-state index in [2.05, 4.69) is 60.0 Å². The van der Waals surface area contributed by atoms with Crippen molar-refractivity contribution in [2.75, 3.05) is 83.4 Å². The van der Waals surface area contributed by atoms with Crippen LogP contribution in [0, 0.1) is 0 Å². The number of carbonyl (C=O) groups is 7. The smallest absolute Gasteiger partial charge is 0.433 e. The average Bonchev–Trinajstić information content (AvgIpc) is 1.72. The average molecular weight is 1630 g/mol. The van der Waals surface area contributed by atoms with Crippen LogP contribution in [-0.2, 0) is 22.8 Å². The van der Waals surface area contributed by atoms with E-state index in [1.807, 2.05) is 31.1 Å². The van der Waals surface area contributed by atoms with Crippen LogP contribution in [0.5, 0.6) is 17.2 Å². The molecule has 13 aromatic rings. The Labute approximate surface area is 666 Å². The molecule has 0 radical (unpaired) electrons. The zero-order valence-corrected chi connectivity index (χ0v) is 64.7. The number of aromatic hydroxyl groups is 2. The van der Waals surface area contributed by atoms with Gasteiger partial charge in [-0.25, -0.2) is 28.5 Å². The van der Waals surface area contributed by atoms with Gasteiger partial charge >= 0.3 is 17.5 Å². The largest absolute Gasteiger partial charge is 0.507 e. The summed E-state index contributed by atoms with van der Waals surface area (Å²) in [5.74, 6) is -3.37. The van der Waals surface area contributed by atoms with Gasteiger partial charge in [0.05, 0.1) is 69.1 Å². The predicted molar refractivity (Wildman–Crippen MR) is 425 cm³/mol. The van der Waals surface area contributed by atoms with E-state index in [9.17, 15) is 65.7 Å². The van der Waals surface area contributed by atoms with Crippen LogP contribution in [0.15, 0.2) is 181 Å². The number of alkyl halides is 6. The number of ketones is 2. The van der Waals surface area contributed by atoms with Gasteiger partial charge in [0.25, 0.3) is 23.6 Å². The molecule has 0 bridgehead atoms. The highest BCUT2D eigenvalue weighted by molar-refractivity contribution is 7.13. The van der Waals surface area contributed by atoms with Crippen LogP contribution in [-0.4, -0.2) is 172 Å². The standard InChI is InChI=1S/C24H17ClF2N6O3S.C20H15F3N4O2S.C19H20N2O4.C18H21N3O2/c1-2-36-23(35)15-13-28-32(14-7-4-3-5-8-14)21(15)30-22(34)17-12-20-29-16(18-9-6-10-37-18)11-19(24(25,26)27)33(20)31-17;1-29-13-6-4-12(5-7-13)11-24-19(28)15-10-18-25-14(16-3-2-8-30-16)9-17(20(21,22)23)27(18)26-15;1-21(2)9-5-8-20-13-10-14(22)15-16(19(13)25)18(24)12-7-4-3-6-11(12)17(15)23;1-3-20(4-2)8-9-21-17(22)14-7-5-6-12-10-13(19)11-15(16(12)14)18(21)23/h3-13H,2H2,1H3,(H,30,34);2-10H,11H2,1H3,(H,24,28);3-4,6-7,10,20,22,25H,5,8-9H2,1-2H3;5-7,10-11H,3-4,8-9,19H2,1-2H3. The number of aromatic nitrogens is 8. The number of fused-ring (bicyclic) bond motifs is 4. The maximum Gasteiger partial charge on any atom is 0.433 e. The number of thiophene rings is 2. The fraction of sp³-hybridized carbons (Fsp3) is 0.210. The molecule has 1 aliphatic carbocycles. The van der Waals surface area contributed by atoms with E-state index in [1.165, 1.54) is 56.7 Å². The zero-order valence-electron chi connectivity index (χ0n) is 62.3. The van der Waals surface area contributed by atoms with Crippen LogP contribution < -0.4 is 26.4 Å². The molecule has 2 aliphatic rings. The van der Waals surface area contributed by atoms with E-state index in [-0.39, 0.29) is 110 Å². The molecule has 0 fully saturated rings. The third-order valence-corrected chi connectivity index (χ3v) is 20.3. The van der Waals surface area contributed by atoms with Gasteiger partial charge in [-0.1, -0.05) is 92.7 Å². The summed E-state index contributed by atoms with van der Waals surface area (Å²) in [4.78, 5) is 105.